The minimum absolute atomic E-state index is 0.369. The number of nitrogens with zero attached hydrogens (tertiary/aromatic N) is 4. The van der Waals surface area contributed by atoms with Crippen LogP contribution in [0.1, 0.15) is 32.6 Å². The van der Waals surface area contributed by atoms with Gasteiger partial charge in [-0.15, -0.1) is 0 Å². The van der Waals surface area contributed by atoms with E-state index >= 15 is 0 Å². The highest BCUT2D eigenvalue weighted by Crippen LogP contribution is 2.35. The molecule has 0 aromatic rings. The van der Waals surface area contributed by atoms with Crippen molar-refractivity contribution >= 4 is 0 Å². The van der Waals surface area contributed by atoms with Crippen LogP contribution in [0.3, 0.4) is 0 Å². The van der Waals surface area contributed by atoms with Crippen LogP contribution in [0.15, 0.2) is 5.11 Å². The van der Waals surface area contributed by atoms with Gasteiger partial charge in [-0.05, 0) is 30.7 Å². The Morgan fingerprint density at radius 2 is 2.53 bits per heavy atom. The van der Waals surface area contributed by atoms with Crippen LogP contribution in [0.25, 0.3) is 10.4 Å². The van der Waals surface area contributed by atoms with Crippen molar-refractivity contribution in [2.45, 2.75) is 38.1 Å². The second kappa shape index (κ2) is 5.59. The van der Waals surface area contributed by atoms with Crippen molar-refractivity contribution in [1.29, 1.82) is 5.26 Å². The second-order valence-electron chi connectivity index (χ2n) is 4.09. The van der Waals surface area contributed by atoms with Crippen LogP contribution in [0.4, 0.5) is 0 Å². The van der Waals surface area contributed by atoms with Crippen LogP contribution in [0.5, 0.6) is 0 Å². The van der Waals surface area contributed by atoms with E-state index in [0.717, 1.165) is 25.7 Å². The number of nitrogens with one attached hydrogen (secondary N) is 1. The van der Waals surface area contributed by atoms with E-state index in [1.165, 1.54) is 0 Å². The van der Waals surface area contributed by atoms with Gasteiger partial charge in [-0.1, -0.05) is 18.5 Å². The molecule has 1 saturated carbocycles. The molecule has 15 heavy (non-hydrogen) atoms. The first-order valence-electron chi connectivity index (χ1n) is 5.43. The Hall–Kier alpha value is -1.24. The van der Waals surface area contributed by atoms with Crippen LogP contribution in [0.2, 0.25) is 0 Å². The fourth-order valence-electron chi connectivity index (χ4n) is 2.19. The van der Waals surface area contributed by atoms with Crippen LogP contribution in [0, 0.1) is 17.2 Å². The molecule has 1 N–H and O–H groups in total. The summed E-state index contributed by atoms with van der Waals surface area (Å²) in [4.78, 5) is 2.68. The topological polar surface area (TPSA) is 84.6 Å². The van der Waals surface area contributed by atoms with Crippen molar-refractivity contribution in [3.63, 3.8) is 0 Å². The minimum Gasteiger partial charge on any atom is -0.299 e. The minimum atomic E-state index is -0.369. The molecule has 1 aliphatic rings. The van der Waals surface area contributed by atoms with E-state index in [0.29, 0.717) is 19.0 Å². The van der Waals surface area contributed by atoms with Gasteiger partial charge in [0.25, 0.3) is 0 Å². The summed E-state index contributed by atoms with van der Waals surface area (Å²) < 4.78 is 0. The summed E-state index contributed by atoms with van der Waals surface area (Å²) in [6.45, 7) is 3.17. The predicted molar refractivity (Wildman–Crippen MR) is 58.0 cm³/mol. The van der Waals surface area contributed by atoms with E-state index in [4.69, 9.17) is 5.53 Å². The summed E-state index contributed by atoms with van der Waals surface area (Å²) in [6, 6.07) is 2.37. The summed E-state index contributed by atoms with van der Waals surface area (Å²) in [5, 5.41) is 15.8. The lowest BCUT2D eigenvalue weighted by Crippen LogP contribution is -2.42. The van der Waals surface area contributed by atoms with Crippen molar-refractivity contribution in [2.24, 2.45) is 11.0 Å². The molecule has 0 aromatic carbocycles. The highest BCUT2D eigenvalue weighted by atomic mass is 15.1. The molecule has 0 saturated heterocycles. The zero-order valence-electron chi connectivity index (χ0n) is 9.11. The lowest BCUT2D eigenvalue weighted by Gasteiger charge is -2.22. The molecule has 1 rings (SSSR count). The Balaban J connectivity index is 2.42. The zero-order valence-corrected chi connectivity index (χ0v) is 9.11. The molecule has 0 amide bonds. The summed E-state index contributed by atoms with van der Waals surface area (Å²) in [7, 11) is 0. The van der Waals surface area contributed by atoms with E-state index in [1.54, 1.807) is 0 Å². The van der Waals surface area contributed by atoms with Crippen molar-refractivity contribution < 1.29 is 0 Å². The molecule has 0 aliphatic heterocycles. The molecule has 1 fully saturated rings. The average Bonchev–Trinajstić information content (AvgIpc) is 2.69. The summed E-state index contributed by atoms with van der Waals surface area (Å²) in [6.07, 6.45) is 4.11. The van der Waals surface area contributed by atoms with Gasteiger partial charge in [-0.25, -0.2) is 0 Å². The number of hydrogen-bond acceptors (Lipinski definition) is 3. The third kappa shape index (κ3) is 3.12. The standard InChI is InChI=1S/C10H17N5/c1-2-9-3-4-10(7-9,8-11)13-5-6-14-15-12/h9,13H,2-7H2,1H3. The molecule has 0 heterocycles. The van der Waals surface area contributed by atoms with E-state index in [1.807, 2.05) is 0 Å². The number of hydrogen-bond donors (Lipinski definition) is 1. The highest BCUT2D eigenvalue weighted by Gasteiger charge is 2.37. The molecule has 0 radical (unpaired) electrons. The maximum absolute atomic E-state index is 9.17. The zero-order chi connectivity index (χ0) is 11.1. The van der Waals surface area contributed by atoms with Gasteiger partial charge in [0.2, 0.25) is 0 Å². The average molecular weight is 207 g/mol. The first kappa shape index (κ1) is 11.8. The first-order valence-corrected chi connectivity index (χ1v) is 5.43. The van der Waals surface area contributed by atoms with Crippen LogP contribution < -0.4 is 5.32 Å². The molecule has 5 heteroatoms. The van der Waals surface area contributed by atoms with E-state index in [-0.39, 0.29) is 5.54 Å². The van der Waals surface area contributed by atoms with Gasteiger partial charge in [0.15, 0.2) is 0 Å². The number of azide groups is 1. The molecule has 0 aromatic heterocycles. The van der Waals surface area contributed by atoms with E-state index in [2.05, 4.69) is 28.3 Å². The molecule has 0 bridgehead atoms. The second-order valence-corrected chi connectivity index (χ2v) is 4.09. The maximum atomic E-state index is 9.17. The summed E-state index contributed by atoms with van der Waals surface area (Å²) in [5.74, 6) is 0.664. The normalized spacial score (nSPS) is 29.5. The van der Waals surface area contributed by atoms with Gasteiger partial charge in [0.05, 0.1) is 6.07 Å². The lowest BCUT2D eigenvalue weighted by molar-refractivity contribution is 0.404. The predicted octanol–water partition coefficient (Wildman–Crippen LogP) is 2.36. The van der Waals surface area contributed by atoms with Crippen LogP contribution >= 0.6 is 0 Å². The number of nitriles is 1. The fraction of sp³-hybridized carbons (Fsp3) is 0.900. The molecule has 2 unspecified atom stereocenters. The molecule has 0 spiro atoms. The largest absolute Gasteiger partial charge is 0.299 e. The highest BCUT2D eigenvalue weighted by molar-refractivity contribution is 5.11. The molecule has 5 nitrogen and oxygen atoms in total. The van der Waals surface area contributed by atoms with E-state index in [9.17, 15) is 5.26 Å². The van der Waals surface area contributed by atoms with Gasteiger partial charge >= 0.3 is 0 Å². The Morgan fingerprint density at radius 3 is 3.07 bits per heavy atom. The quantitative estimate of drug-likeness (QED) is 0.325. The number of rotatable bonds is 5. The Morgan fingerprint density at radius 1 is 1.73 bits per heavy atom. The third-order valence-electron chi connectivity index (χ3n) is 3.15. The molecule has 2 atom stereocenters. The molecular formula is C10H17N5. The van der Waals surface area contributed by atoms with Crippen molar-refractivity contribution in [2.75, 3.05) is 13.1 Å². The van der Waals surface area contributed by atoms with Gasteiger partial charge in [-0.2, -0.15) is 5.26 Å². The maximum Gasteiger partial charge on any atom is 0.107 e. The van der Waals surface area contributed by atoms with Gasteiger partial charge in [0, 0.05) is 18.0 Å². The first-order chi connectivity index (χ1) is 7.26. The van der Waals surface area contributed by atoms with Crippen molar-refractivity contribution in [1.82, 2.24) is 5.32 Å². The summed E-state index contributed by atoms with van der Waals surface area (Å²) >= 11 is 0. The summed E-state index contributed by atoms with van der Waals surface area (Å²) in [5.41, 5.74) is 7.76. The smallest absolute Gasteiger partial charge is 0.107 e. The van der Waals surface area contributed by atoms with Crippen LogP contribution in [-0.4, -0.2) is 18.6 Å². The monoisotopic (exact) mass is 207 g/mol. The molecular weight excluding hydrogens is 190 g/mol. The Labute approximate surface area is 90.1 Å². The fourth-order valence-corrected chi connectivity index (χ4v) is 2.19. The van der Waals surface area contributed by atoms with E-state index < -0.39 is 0 Å². The van der Waals surface area contributed by atoms with Crippen molar-refractivity contribution in [3.05, 3.63) is 10.4 Å². The van der Waals surface area contributed by atoms with Gasteiger partial charge in [0.1, 0.15) is 5.54 Å². The van der Waals surface area contributed by atoms with Crippen molar-refractivity contribution in [3.8, 4) is 6.07 Å². The third-order valence-corrected chi connectivity index (χ3v) is 3.15. The van der Waals surface area contributed by atoms with Gasteiger partial charge < -0.3 is 0 Å². The van der Waals surface area contributed by atoms with Gasteiger partial charge in [-0.3, -0.25) is 5.32 Å². The Kier molecular flexibility index (Phi) is 4.41. The molecule has 82 valence electrons. The lowest BCUT2D eigenvalue weighted by atomic mass is 9.97. The SMILES string of the molecule is CCC1CCC(C#N)(NCCN=[N+]=[N-])C1. The Bertz CT molecular complexity index is 289. The molecule has 1 aliphatic carbocycles. The van der Waals surface area contributed by atoms with Crippen LogP contribution in [-0.2, 0) is 0 Å².